The fraction of sp³-hybridized carbons (Fsp3) is 0.211. The summed E-state index contributed by atoms with van der Waals surface area (Å²) in [6, 6.07) is 11.1. The average Bonchev–Trinajstić information content (AvgIpc) is 2.99. The molecule has 3 aromatic rings. The van der Waals surface area contributed by atoms with Crippen molar-refractivity contribution in [2.24, 2.45) is 0 Å². The zero-order chi connectivity index (χ0) is 19.6. The lowest BCUT2D eigenvalue weighted by molar-refractivity contribution is -0.113. The molecule has 0 unspecified atom stereocenters. The highest BCUT2D eigenvalue weighted by Crippen LogP contribution is 2.27. The number of thioether (sulfide) groups is 1. The molecule has 0 aliphatic carbocycles. The van der Waals surface area contributed by atoms with Crippen LogP contribution in [0.1, 0.15) is 17.0 Å². The zero-order valence-corrected chi connectivity index (χ0v) is 17.4. The van der Waals surface area contributed by atoms with E-state index in [2.05, 4.69) is 41.5 Å². The van der Waals surface area contributed by atoms with Gasteiger partial charge in [0.1, 0.15) is 5.82 Å². The first kappa shape index (κ1) is 19.7. The third-order valence-corrected chi connectivity index (χ3v) is 5.56. The molecule has 0 fully saturated rings. The summed E-state index contributed by atoms with van der Waals surface area (Å²) in [6.07, 6.45) is 0. The molecule has 0 saturated carbocycles. The third-order valence-electron chi connectivity index (χ3n) is 4.08. The topological polar surface area (TPSA) is 59.8 Å². The number of aromatic nitrogens is 3. The van der Waals surface area contributed by atoms with E-state index in [1.54, 1.807) is 18.2 Å². The SMILES string of the molecule is Cc1ccc(-n2c(C)nnc2SCC(=O)Nc2ccc(Cl)cc2Cl)cc1C. The third kappa shape index (κ3) is 4.64. The molecular weight excluding hydrogens is 403 g/mol. The lowest BCUT2D eigenvalue weighted by Gasteiger charge is -2.11. The van der Waals surface area contributed by atoms with Gasteiger partial charge in [0.2, 0.25) is 5.91 Å². The summed E-state index contributed by atoms with van der Waals surface area (Å²) < 4.78 is 1.94. The molecule has 8 heteroatoms. The minimum absolute atomic E-state index is 0.182. The van der Waals surface area contributed by atoms with Crippen molar-refractivity contribution in [2.75, 3.05) is 11.1 Å². The normalized spacial score (nSPS) is 10.9. The fourth-order valence-electron chi connectivity index (χ4n) is 2.51. The van der Waals surface area contributed by atoms with Crippen LogP contribution in [0.15, 0.2) is 41.6 Å². The summed E-state index contributed by atoms with van der Waals surface area (Å²) in [5.41, 5.74) is 3.91. The number of hydrogen-bond acceptors (Lipinski definition) is 4. The second-order valence-corrected chi connectivity index (χ2v) is 7.88. The van der Waals surface area contributed by atoms with Gasteiger partial charge < -0.3 is 5.32 Å². The molecule has 0 atom stereocenters. The highest BCUT2D eigenvalue weighted by molar-refractivity contribution is 7.99. The number of anilines is 1. The van der Waals surface area contributed by atoms with E-state index < -0.39 is 0 Å². The minimum atomic E-state index is -0.184. The Bertz CT molecular complexity index is 1000. The van der Waals surface area contributed by atoms with Crippen molar-refractivity contribution in [3.8, 4) is 5.69 Å². The van der Waals surface area contributed by atoms with Crippen LogP contribution in [-0.2, 0) is 4.79 Å². The van der Waals surface area contributed by atoms with Crippen LogP contribution in [0.3, 0.4) is 0 Å². The number of benzene rings is 2. The molecule has 0 radical (unpaired) electrons. The lowest BCUT2D eigenvalue weighted by atomic mass is 10.1. The first-order chi connectivity index (χ1) is 12.8. The van der Waals surface area contributed by atoms with Crippen LogP contribution in [0, 0.1) is 20.8 Å². The summed E-state index contributed by atoms with van der Waals surface area (Å²) in [4.78, 5) is 12.3. The fourth-order valence-corrected chi connectivity index (χ4v) is 3.76. The van der Waals surface area contributed by atoms with Crippen molar-refractivity contribution in [1.29, 1.82) is 0 Å². The summed E-state index contributed by atoms with van der Waals surface area (Å²) in [5.74, 6) is 0.764. The van der Waals surface area contributed by atoms with E-state index in [4.69, 9.17) is 23.2 Å². The maximum absolute atomic E-state index is 12.3. The maximum Gasteiger partial charge on any atom is 0.234 e. The number of aryl methyl sites for hydroxylation is 3. The van der Waals surface area contributed by atoms with Crippen molar-refractivity contribution in [2.45, 2.75) is 25.9 Å². The number of carbonyl (C=O) groups is 1. The second-order valence-electron chi connectivity index (χ2n) is 6.09. The second kappa shape index (κ2) is 8.33. The highest BCUT2D eigenvalue weighted by Gasteiger charge is 2.14. The van der Waals surface area contributed by atoms with Crippen molar-refractivity contribution in [3.63, 3.8) is 0 Å². The summed E-state index contributed by atoms with van der Waals surface area (Å²) in [6.45, 7) is 6.02. The lowest BCUT2D eigenvalue weighted by Crippen LogP contribution is -2.15. The molecule has 3 rings (SSSR count). The Balaban J connectivity index is 1.73. The molecule has 0 spiro atoms. The Labute approximate surface area is 172 Å². The van der Waals surface area contributed by atoms with Crippen molar-refractivity contribution in [1.82, 2.24) is 14.8 Å². The summed E-state index contributed by atoms with van der Waals surface area (Å²) in [5, 5.41) is 12.7. The molecule has 1 heterocycles. The molecule has 27 heavy (non-hydrogen) atoms. The Kier molecular flexibility index (Phi) is 6.09. The molecule has 140 valence electrons. The van der Waals surface area contributed by atoms with E-state index in [-0.39, 0.29) is 11.7 Å². The van der Waals surface area contributed by atoms with E-state index in [0.29, 0.717) is 20.9 Å². The zero-order valence-electron chi connectivity index (χ0n) is 15.1. The Hall–Kier alpha value is -2.02. The first-order valence-corrected chi connectivity index (χ1v) is 9.96. The number of hydrogen-bond donors (Lipinski definition) is 1. The predicted molar refractivity (Wildman–Crippen MR) is 111 cm³/mol. The van der Waals surface area contributed by atoms with Crippen molar-refractivity contribution in [3.05, 3.63) is 63.4 Å². The van der Waals surface area contributed by atoms with Gasteiger partial charge in [-0.1, -0.05) is 41.0 Å². The van der Waals surface area contributed by atoms with Crippen LogP contribution in [0.2, 0.25) is 10.0 Å². The van der Waals surface area contributed by atoms with Gasteiger partial charge in [0.05, 0.1) is 16.5 Å². The molecule has 2 aromatic carbocycles. The Morgan fingerprint density at radius 2 is 1.85 bits per heavy atom. The molecule has 0 bridgehead atoms. The smallest absolute Gasteiger partial charge is 0.234 e. The number of amides is 1. The quantitative estimate of drug-likeness (QED) is 0.573. The maximum atomic E-state index is 12.3. The Morgan fingerprint density at radius 1 is 1.07 bits per heavy atom. The molecule has 0 saturated heterocycles. The van der Waals surface area contributed by atoms with Gasteiger partial charge in [-0.05, 0) is 62.2 Å². The first-order valence-electron chi connectivity index (χ1n) is 8.22. The Morgan fingerprint density at radius 3 is 2.56 bits per heavy atom. The van der Waals surface area contributed by atoms with E-state index in [1.165, 1.54) is 22.9 Å². The standard InChI is InChI=1S/C19H18Cl2N4OS/c1-11-4-6-15(8-12(11)2)25-13(3)23-24-19(25)27-10-18(26)22-17-7-5-14(20)9-16(17)21/h4-9H,10H2,1-3H3,(H,22,26). The minimum Gasteiger partial charge on any atom is -0.324 e. The van der Waals surface area contributed by atoms with Crippen LogP contribution in [0.4, 0.5) is 5.69 Å². The number of halogens is 2. The molecule has 1 aromatic heterocycles. The van der Waals surface area contributed by atoms with Gasteiger partial charge in [0.25, 0.3) is 0 Å². The number of carbonyl (C=O) groups excluding carboxylic acids is 1. The van der Waals surface area contributed by atoms with Crippen LogP contribution >= 0.6 is 35.0 Å². The largest absolute Gasteiger partial charge is 0.324 e. The summed E-state index contributed by atoms with van der Waals surface area (Å²) in [7, 11) is 0. The van der Waals surface area contributed by atoms with Gasteiger partial charge in [-0.15, -0.1) is 10.2 Å². The number of rotatable bonds is 5. The van der Waals surface area contributed by atoms with E-state index in [0.717, 1.165) is 11.5 Å². The molecule has 0 aliphatic heterocycles. The number of nitrogens with zero attached hydrogens (tertiary/aromatic N) is 3. The van der Waals surface area contributed by atoms with Crippen LogP contribution in [0.5, 0.6) is 0 Å². The van der Waals surface area contributed by atoms with Crippen molar-refractivity contribution >= 4 is 46.6 Å². The van der Waals surface area contributed by atoms with Gasteiger partial charge in [0.15, 0.2) is 5.16 Å². The van der Waals surface area contributed by atoms with Gasteiger partial charge in [-0.3, -0.25) is 9.36 Å². The van der Waals surface area contributed by atoms with E-state index in [9.17, 15) is 4.79 Å². The van der Waals surface area contributed by atoms with Gasteiger partial charge in [-0.25, -0.2) is 0 Å². The van der Waals surface area contributed by atoms with Gasteiger partial charge >= 0.3 is 0 Å². The van der Waals surface area contributed by atoms with Crippen LogP contribution in [0.25, 0.3) is 5.69 Å². The molecule has 0 aliphatic rings. The van der Waals surface area contributed by atoms with Crippen molar-refractivity contribution < 1.29 is 4.79 Å². The number of nitrogens with one attached hydrogen (secondary N) is 1. The van der Waals surface area contributed by atoms with Crippen LogP contribution in [-0.4, -0.2) is 26.4 Å². The average molecular weight is 421 g/mol. The molecule has 1 N–H and O–H groups in total. The van der Waals surface area contributed by atoms with E-state index >= 15 is 0 Å². The van der Waals surface area contributed by atoms with Crippen LogP contribution < -0.4 is 5.32 Å². The predicted octanol–water partition coefficient (Wildman–Crippen LogP) is 5.23. The van der Waals surface area contributed by atoms with E-state index in [1.807, 2.05) is 17.6 Å². The molecule has 5 nitrogen and oxygen atoms in total. The monoisotopic (exact) mass is 420 g/mol. The highest BCUT2D eigenvalue weighted by atomic mass is 35.5. The van der Waals surface area contributed by atoms with Gasteiger partial charge in [0, 0.05) is 10.7 Å². The summed E-state index contributed by atoms with van der Waals surface area (Å²) >= 11 is 13.3. The molecule has 1 amide bonds. The van der Waals surface area contributed by atoms with Gasteiger partial charge in [-0.2, -0.15) is 0 Å². The molecular formula is C19H18Cl2N4OS.